The Kier molecular flexibility index (Phi) is 2.93. The Morgan fingerprint density at radius 3 is 2.50 bits per heavy atom. The van der Waals surface area contributed by atoms with Gasteiger partial charge in [0.15, 0.2) is 11.5 Å². The number of rotatable bonds is 3. The summed E-state index contributed by atoms with van der Waals surface area (Å²) >= 11 is 0. The number of hydrogen-bond donors (Lipinski definition) is 2. The summed E-state index contributed by atoms with van der Waals surface area (Å²) in [7, 11) is 0. The quantitative estimate of drug-likeness (QED) is 0.492. The highest BCUT2D eigenvalue weighted by Gasteiger charge is 2.08. The first kappa shape index (κ1) is 12.0. The second-order valence-corrected chi connectivity index (χ2v) is 4.08. The fourth-order valence-corrected chi connectivity index (χ4v) is 1.66. The van der Waals surface area contributed by atoms with Gasteiger partial charge in [0.1, 0.15) is 5.75 Å². The number of ketones is 1. The molecule has 2 aromatic rings. The van der Waals surface area contributed by atoms with E-state index in [-0.39, 0.29) is 11.5 Å². The van der Waals surface area contributed by atoms with E-state index in [0.717, 1.165) is 10.8 Å². The molecule has 0 amide bonds. The number of nitrogen functional groups attached to an aromatic ring is 2. The van der Waals surface area contributed by atoms with E-state index < -0.39 is 0 Å². The molecule has 18 heavy (non-hydrogen) atoms. The minimum absolute atomic E-state index is 0.0822. The normalized spacial score (nSPS) is 10.3. The van der Waals surface area contributed by atoms with Gasteiger partial charge in [-0.1, -0.05) is 6.58 Å². The summed E-state index contributed by atoms with van der Waals surface area (Å²) in [5.74, 6) is 0.366. The lowest BCUT2D eigenvalue weighted by Crippen LogP contribution is -2.03. The van der Waals surface area contributed by atoms with Gasteiger partial charge < -0.3 is 16.2 Å². The van der Waals surface area contributed by atoms with E-state index in [1.54, 1.807) is 24.3 Å². The zero-order valence-corrected chi connectivity index (χ0v) is 10.1. The van der Waals surface area contributed by atoms with E-state index in [4.69, 9.17) is 16.2 Å². The molecule has 4 nitrogen and oxygen atoms in total. The molecule has 0 atom stereocenters. The van der Waals surface area contributed by atoms with Gasteiger partial charge in [0.05, 0.1) is 0 Å². The minimum Gasteiger partial charge on any atom is -0.454 e. The Bertz CT molecular complexity index is 642. The molecule has 0 aliphatic heterocycles. The molecule has 92 valence electrons. The van der Waals surface area contributed by atoms with Crippen molar-refractivity contribution in [3.63, 3.8) is 0 Å². The molecular formula is C14H14N2O2. The third kappa shape index (κ3) is 2.27. The van der Waals surface area contributed by atoms with Crippen LogP contribution in [-0.2, 0) is 4.79 Å². The molecule has 2 rings (SSSR count). The van der Waals surface area contributed by atoms with Gasteiger partial charge in [-0.3, -0.25) is 4.79 Å². The van der Waals surface area contributed by atoms with E-state index >= 15 is 0 Å². The Morgan fingerprint density at radius 1 is 1.17 bits per heavy atom. The molecule has 4 heteroatoms. The maximum absolute atomic E-state index is 11.1. The lowest BCUT2D eigenvalue weighted by Gasteiger charge is -2.11. The highest BCUT2D eigenvalue weighted by molar-refractivity contribution is 5.95. The summed E-state index contributed by atoms with van der Waals surface area (Å²) in [4.78, 5) is 11.1. The number of carbonyl (C=O) groups excluding carboxylic acids is 1. The number of hydrogen-bond acceptors (Lipinski definition) is 4. The topological polar surface area (TPSA) is 78.3 Å². The number of Topliss-reactive ketones (excluding diaryl/α,β-unsaturated/α-hetero) is 1. The summed E-state index contributed by atoms with van der Waals surface area (Å²) in [5.41, 5.74) is 12.7. The van der Waals surface area contributed by atoms with Crippen LogP contribution >= 0.6 is 0 Å². The van der Waals surface area contributed by atoms with E-state index in [9.17, 15) is 4.79 Å². The SMILES string of the molecule is C=C(Oc1cc(N)cc2cc(N)ccc12)C(C)=O. The molecule has 0 saturated heterocycles. The van der Waals surface area contributed by atoms with Crippen molar-refractivity contribution < 1.29 is 9.53 Å². The predicted molar refractivity (Wildman–Crippen MR) is 73.2 cm³/mol. The molecule has 0 bridgehead atoms. The van der Waals surface area contributed by atoms with Gasteiger partial charge >= 0.3 is 0 Å². The van der Waals surface area contributed by atoms with Crippen LogP contribution in [-0.4, -0.2) is 5.78 Å². The second-order valence-electron chi connectivity index (χ2n) is 4.08. The van der Waals surface area contributed by atoms with Crippen LogP contribution in [0.15, 0.2) is 42.7 Å². The number of allylic oxidation sites excluding steroid dienone is 1. The predicted octanol–water partition coefficient (Wildman–Crippen LogP) is 2.49. The Hall–Kier alpha value is -2.49. The van der Waals surface area contributed by atoms with E-state index in [1.807, 2.05) is 6.07 Å². The van der Waals surface area contributed by atoms with Crippen LogP contribution in [0.5, 0.6) is 5.75 Å². The molecule has 2 aromatic carbocycles. The maximum atomic E-state index is 11.1. The van der Waals surface area contributed by atoms with Crippen LogP contribution in [0, 0.1) is 0 Å². The summed E-state index contributed by atoms with van der Waals surface area (Å²) < 4.78 is 5.44. The average molecular weight is 242 g/mol. The zero-order valence-electron chi connectivity index (χ0n) is 10.1. The number of fused-ring (bicyclic) bond motifs is 1. The molecule has 0 aromatic heterocycles. The fourth-order valence-electron chi connectivity index (χ4n) is 1.66. The third-order valence-electron chi connectivity index (χ3n) is 2.59. The maximum Gasteiger partial charge on any atom is 0.194 e. The van der Waals surface area contributed by atoms with Crippen molar-refractivity contribution in [1.82, 2.24) is 0 Å². The van der Waals surface area contributed by atoms with Crippen molar-refractivity contribution >= 4 is 27.9 Å². The smallest absolute Gasteiger partial charge is 0.194 e. The van der Waals surface area contributed by atoms with Gasteiger partial charge in [0.25, 0.3) is 0 Å². The van der Waals surface area contributed by atoms with E-state index in [2.05, 4.69) is 6.58 Å². The molecule has 0 aliphatic carbocycles. The minimum atomic E-state index is -0.221. The van der Waals surface area contributed by atoms with Crippen molar-refractivity contribution in [2.24, 2.45) is 0 Å². The molecule has 0 radical (unpaired) electrons. The number of carbonyl (C=O) groups is 1. The Morgan fingerprint density at radius 2 is 1.83 bits per heavy atom. The highest BCUT2D eigenvalue weighted by atomic mass is 16.5. The average Bonchev–Trinajstić information content (AvgIpc) is 2.27. The van der Waals surface area contributed by atoms with Gasteiger partial charge in [-0.05, 0) is 29.7 Å². The first-order valence-corrected chi connectivity index (χ1v) is 5.44. The Labute approximate surface area is 105 Å². The summed E-state index contributed by atoms with van der Waals surface area (Å²) in [6, 6.07) is 8.85. The van der Waals surface area contributed by atoms with Gasteiger partial charge in [0.2, 0.25) is 0 Å². The van der Waals surface area contributed by atoms with E-state index in [1.165, 1.54) is 6.92 Å². The van der Waals surface area contributed by atoms with Crippen LogP contribution in [0.4, 0.5) is 11.4 Å². The number of anilines is 2. The number of nitrogens with two attached hydrogens (primary N) is 2. The summed E-state index contributed by atoms with van der Waals surface area (Å²) in [6.07, 6.45) is 0. The van der Waals surface area contributed by atoms with Crippen molar-refractivity contribution in [1.29, 1.82) is 0 Å². The van der Waals surface area contributed by atoms with Crippen LogP contribution in [0.1, 0.15) is 6.92 Å². The Balaban J connectivity index is 2.56. The first-order chi connectivity index (χ1) is 8.47. The summed E-state index contributed by atoms with van der Waals surface area (Å²) in [6.45, 7) is 4.96. The third-order valence-corrected chi connectivity index (χ3v) is 2.59. The molecule has 0 aliphatic rings. The lowest BCUT2D eigenvalue weighted by atomic mass is 10.1. The molecule has 0 unspecified atom stereocenters. The molecule has 0 fully saturated rings. The van der Waals surface area contributed by atoms with Crippen molar-refractivity contribution in [2.45, 2.75) is 6.92 Å². The highest BCUT2D eigenvalue weighted by Crippen LogP contribution is 2.31. The first-order valence-electron chi connectivity index (χ1n) is 5.44. The van der Waals surface area contributed by atoms with Gasteiger partial charge in [0, 0.05) is 29.8 Å². The van der Waals surface area contributed by atoms with Crippen LogP contribution in [0.3, 0.4) is 0 Å². The molecular weight excluding hydrogens is 228 g/mol. The van der Waals surface area contributed by atoms with Crippen LogP contribution < -0.4 is 16.2 Å². The molecule has 0 saturated carbocycles. The van der Waals surface area contributed by atoms with Gasteiger partial charge in [-0.15, -0.1) is 0 Å². The standard InChI is InChI=1S/C14H14N2O2/c1-8(17)9(2)18-14-7-12(16)6-10-5-11(15)3-4-13(10)14/h3-7H,2,15-16H2,1H3. The fraction of sp³-hybridized carbons (Fsp3) is 0.0714. The lowest BCUT2D eigenvalue weighted by molar-refractivity contribution is -0.115. The van der Waals surface area contributed by atoms with Crippen molar-refractivity contribution in [2.75, 3.05) is 11.5 Å². The van der Waals surface area contributed by atoms with Crippen molar-refractivity contribution in [3.05, 3.63) is 42.7 Å². The van der Waals surface area contributed by atoms with Crippen molar-refractivity contribution in [3.8, 4) is 5.75 Å². The molecule has 0 spiro atoms. The molecule has 4 N–H and O–H groups in total. The van der Waals surface area contributed by atoms with E-state index in [0.29, 0.717) is 17.1 Å². The van der Waals surface area contributed by atoms with Crippen LogP contribution in [0.2, 0.25) is 0 Å². The monoisotopic (exact) mass is 242 g/mol. The van der Waals surface area contributed by atoms with Crippen LogP contribution in [0.25, 0.3) is 10.8 Å². The zero-order chi connectivity index (χ0) is 13.3. The summed E-state index contributed by atoms with van der Waals surface area (Å²) in [5, 5.41) is 1.70. The largest absolute Gasteiger partial charge is 0.454 e. The molecule has 0 heterocycles. The van der Waals surface area contributed by atoms with Gasteiger partial charge in [-0.2, -0.15) is 0 Å². The second kappa shape index (κ2) is 4.41. The number of ether oxygens (including phenoxy) is 1. The number of benzene rings is 2. The van der Waals surface area contributed by atoms with Gasteiger partial charge in [-0.25, -0.2) is 0 Å².